The largest absolute Gasteiger partial charge is 0.504 e. The third-order valence-electron chi connectivity index (χ3n) is 3.05. The van der Waals surface area contributed by atoms with Gasteiger partial charge < -0.3 is 19.4 Å². The third kappa shape index (κ3) is 2.26. The van der Waals surface area contributed by atoms with Crippen molar-refractivity contribution >= 4 is 16.9 Å². The minimum Gasteiger partial charge on any atom is -0.504 e. The lowest BCUT2D eigenvalue weighted by atomic mass is 10.2. The Morgan fingerprint density at radius 3 is 2.45 bits per heavy atom. The molecule has 0 fully saturated rings. The van der Waals surface area contributed by atoms with Crippen LogP contribution in [0.5, 0.6) is 17.2 Å². The van der Waals surface area contributed by atoms with Crippen molar-refractivity contribution in [2.75, 3.05) is 0 Å². The number of phenols is 1. The maximum atomic E-state index is 12.1. The first-order chi connectivity index (χ1) is 10.6. The molecule has 22 heavy (non-hydrogen) atoms. The van der Waals surface area contributed by atoms with E-state index in [2.05, 4.69) is 0 Å². The Morgan fingerprint density at radius 1 is 1.00 bits per heavy atom. The molecule has 0 aliphatic heterocycles. The Labute approximate surface area is 123 Å². The Morgan fingerprint density at radius 2 is 1.73 bits per heavy atom. The van der Waals surface area contributed by atoms with Crippen LogP contribution in [-0.4, -0.2) is 16.2 Å². The van der Waals surface area contributed by atoms with Crippen LogP contribution in [0, 0.1) is 0 Å². The number of carbonyl (C=O) groups is 1. The number of phenolic OH excluding ortho intramolecular Hbond substituents is 1. The van der Waals surface area contributed by atoms with Crippen LogP contribution in [0.4, 0.5) is 0 Å². The van der Waals surface area contributed by atoms with Gasteiger partial charge in [0.25, 0.3) is 0 Å². The van der Waals surface area contributed by atoms with Crippen molar-refractivity contribution in [3.63, 3.8) is 0 Å². The van der Waals surface area contributed by atoms with Crippen molar-refractivity contribution in [1.82, 2.24) is 0 Å². The second-order valence-corrected chi connectivity index (χ2v) is 4.48. The fraction of sp³-hybridized carbons (Fsp3) is 0. The zero-order valence-electron chi connectivity index (χ0n) is 11.1. The first-order valence-electron chi connectivity index (χ1n) is 6.33. The number of aromatic hydroxyl groups is 2. The fourth-order valence-corrected chi connectivity index (χ4v) is 2.00. The summed E-state index contributed by atoms with van der Waals surface area (Å²) in [5, 5.41) is 19.6. The van der Waals surface area contributed by atoms with Crippen LogP contribution in [0.2, 0.25) is 0 Å². The second-order valence-electron chi connectivity index (χ2n) is 4.48. The molecule has 110 valence electrons. The van der Waals surface area contributed by atoms with Gasteiger partial charge in [0.2, 0.25) is 5.75 Å². The van der Waals surface area contributed by atoms with Gasteiger partial charge in [-0.25, -0.2) is 9.59 Å². The molecule has 0 aliphatic carbocycles. The molecule has 1 heterocycles. The molecule has 0 saturated heterocycles. The van der Waals surface area contributed by atoms with Gasteiger partial charge in [0.15, 0.2) is 17.1 Å². The minimum atomic E-state index is -1.11. The molecule has 0 saturated carbocycles. The van der Waals surface area contributed by atoms with E-state index in [9.17, 15) is 19.8 Å². The van der Waals surface area contributed by atoms with Crippen LogP contribution in [0.15, 0.2) is 57.7 Å². The lowest BCUT2D eigenvalue weighted by molar-refractivity contribution is 0.0731. The van der Waals surface area contributed by atoms with Gasteiger partial charge >= 0.3 is 11.6 Å². The average molecular weight is 298 g/mol. The second kappa shape index (κ2) is 5.25. The Bertz CT molecular complexity index is 911. The molecule has 1 aromatic heterocycles. The number of para-hydroxylation sites is 1. The molecule has 0 amide bonds. The van der Waals surface area contributed by atoms with Gasteiger partial charge in [-0.1, -0.05) is 24.3 Å². The summed E-state index contributed by atoms with van der Waals surface area (Å²) in [5.41, 5.74) is -1.02. The summed E-state index contributed by atoms with van der Waals surface area (Å²) in [7, 11) is 0. The lowest BCUT2D eigenvalue weighted by Gasteiger charge is -2.09. The quantitative estimate of drug-likeness (QED) is 0.557. The first kappa shape index (κ1) is 13.7. The number of rotatable bonds is 2. The highest BCUT2D eigenvalue weighted by molar-refractivity contribution is 5.96. The van der Waals surface area contributed by atoms with Crippen LogP contribution in [0.25, 0.3) is 11.0 Å². The summed E-state index contributed by atoms with van der Waals surface area (Å²) in [4.78, 5) is 23.7. The summed E-state index contributed by atoms with van der Waals surface area (Å²) in [6.45, 7) is 0. The van der Waals surface area contributed by atoms with Crippen LogP contribution >= 0.6 is 0 Å². The molecule has 2 N–H and O–H groups in total. The van der Waals surface area contributed by atoms with E-state index >= 15 is 0 Å². The number of hydrogen-bond donors (Lipinski definition) is 2. The topological polar surface area (TPSA) is 97.0 Å². The van der Waals surface area contributed by atoms with E-state index in [4.69, 9.17) is 9.15 Å². The van der Waals surface area contributed by atoms with Crippen LogP contribution in [-0.2, 0) is 0 Å². The number of hydrogen-bond acceptors (Lipinski definition) is 6. The number of carbonyl (C=O) groups excluding carboxylic acids is 1. The van der Waals surface area contributed by atoms with Crippen LogP contribution < -0.4 is 10.4 Å². The first-order valence-corrected chi connectivity index (χ1v) is 6.33. The van der Waals surface area contributed by atoms with E-state index in [0.717, 1.165) is 0 Å². The van der Waals surface area contributed by atoms with Crippen LogP contribution in [0.3, 0.4) is 0 Å². The summed E-state index contributed by atoms with van der Waals surface area (Å²) < 4.78 is 9.92. The molecule has 2 aromatic carbocycles. The van der Waals surface area contributed by atoms with Gasteiger partial charge in [-0.3, -0.25) is 0 Å². The molecule has 0 unspecified atom stereocenters. The van der Waals surface area contributed by atoms with E-state index in [1.54, 1.807) is 18.2 Å². The standard InChI is InChI=1S/C16H10O6/c17-11-8-4-7-10-13(11)21-16(20)12(18)14(10)22-15(19)9-5-2-1-3-6-9/h1-8,17-18H. The van der Waals surface area contributed by atoms with Gasteiger partial charge in [0.1, 0.15) is 0 Å². The smallest absolute Gasteiger partial charge is 0.382 e. The fourth-order valence-electron chi connectivity index (χ4n) is 2.00. The van der Waals surface area contributed by atoms with Gasteiger partial charge in [0, 0.05) is 0 Å². The monoisotopic (exact) mass is 298 g/mol. The molecule has 0 aliphatic rings. The number of ether oxygens (including phenoxy) is 1. The highest BCUT2D eigenvalue weighted by atomic mass is 16.5. The molecule has 0 spiro atoms. The molecule has 0 bridgehead atoms. The van der Waals surface area contributed by atoms with Crippen LogP contribution in [0.1, 0.15) is 10.4 Å². The molecular formula is C16H10O6. The molecule has 3 aromatic rings. The van der Waals surface area contributed by atoms with E-state index < -0.39 is 17.3 Å². The molecule has 0 radical (unpaired) electrons. The Balaban J connectivity index is 2.14. The predicted molar refractivity (Wildman–Crippen MR) is 77.2 cm³/mol. The molecule has 3 rings (SSSR count). The number of esters is 1. The van der Waals surface area contributed by atoms with Gasteiger partial charge in [0.05, 0.1) is 10.9 Å². The van der Waals surface area contributed by atoms with E-state index in [0.29, 0.717) is 0 Å². The normalized spacial score (nSPS) is 10.5. The third-order valence-corrected chi connectivity index (χ3v) is 3.05. The molecule has 6 heteroatoms. The van der Waals surface area contributed by atoms with Crippen molar-refractivity contribution < 1.29 is 24.2 Å². The van der Waals surface area contributed by atoms with Crippen molar-refractivity contribution in [2.24, 2.45) is 0 Å². The Kier molecular flexibility index (Phi) is 3.27. The summed E-state index contributed by atoms with van der Waals surface area (Å²) in [6, 6.07) is 12.3. The maximum Gasteiger partial charge on any atom is 0.382 e. The van der Waals surface area contributed by atoms with Gasteiger partial charge in [-0.2, -0.15) is 0 Å². The molecule has 6 nitrogen and oxygen atoms in total. The predicted octanol–water partition coefficient (Wildman–Crippen LogP) is 2.42. The lowest BCUT2D eigenvalue weighted by Crippen LogP contribution is -2.11. The van der Waals surface area contributed by atoms with E-state index in [-0.39, 0.29) is 28.0 Å². The Hall–Kier alpha value is -3.28. The number of fused-ring (bicyclic) bond motifs is 1. The minimum absolute atomic E-state index is 0.112. The molecule has 0 atom stereocenters. The van der Waals surface area contributed by atoms with Crippen molar-refractivity contribution in [3.05, 3.63) is 64.5 Å². The van der Waals surface area contributed by atoms with E-state index in [1.807, 2.05) is 0 Å². The zero-order valence-corrected chi connectivity index (χ0v) is 11.1. The van der Waals surface area contributed by atoms with E-state index in [1.165, 1.54) is 30.3 Å². The summed E-state index contributed by atoms with van der Waals surface area (Å²) in [6.07, 6.45) is 0. The SMILES string of the molecule is O=C(Oc1c(O)c(=O)oc2c(O)cccc12)c1ccccc1. The molecular weight excluding hydrogens is 288 g/mol. The van der Waals surface area contributed by atoms with Gasteiger partial charge in [-0.15, -0.1) is 0 Å². The van der Waals surface area contributed by atoms with Crippen molar-refractivity contribution in [3.8, 4) is 17.2 Å². The number of benzene rings is 2. The highest BCUT2D eigenvalue weighted by Crippen LogP contribution is 2.35. The highest BCUT2D eigenvalue weighted by Gasteiger charge is 2.20. The van der Waals surface area contributed by atoms with Crippen molar-refractivity contribution in [1.29, 1.82) is 0 Å². The zero-order chi connectivity index (χ0) is 15.7. The van der Waals surface area contributed by atoms with Gasteiger partial charge in [-0.05, 0) is 24.3 Å². The average Bonchev–Trinajstić information content (AvgIpc) is 2.53. The summed E-state index contributed by atoms with van der Waals surface area (Å²) >= 11 is 0. The maximum absolute atomic E-state index is 12.1. The summed E-state index contributed by atoms with van der Waals surface area (Å²) in [5.74, 6) is -2.23. The van der Waals surface area contributed by atoms with Crippen molar-refractivity contribution in [2.45, 2.75) is 0 Å².